The molecule has 5 heteroatoms. The number of rotatable bonds is 3. The summed E-state index contributed by atoms with van der Waals surface area (Å²) in [5.41, 5.74) is 0.833. The maximum atomic E-state index is 10.5. The highest BCUT2D eigenvalue weighted by atomic mass is 79.9. The quantitative estimate of drug-likeness (QED) is 0.671. The van der Waals surface area contributed by atoms with Gasteiger partial charge in [0.2, 0.25) is 0 Å². The van der Waals surface area contributed by atoms with E-state index in [4.69, 9.17) is 4.55 Å². The molecule has 0 aliphatic carbocycles. The van der Waals surface area contributed by atoms with Crippen LogP contribution in [0.2, 0.25) is 0 Å². The zero-order valence-corrected chi connectivity index (χ0v) is 9.12. The molecule has 0 radical (unpaired) electrons. The van der Waals surface area contributed by atoms with Crippen LogP contribution in [0, 0.1) is 0 Å². The zero-order chi connectivity index (χ0) is 9.90. The van der Waals surface area contributed by atoms with Crippen LogP contribution in [0.3, 0.4) is 0 Å². The van der Waals surface area contributed by atoms with Gasteiger partial charge in [0.25, 0.3) is 10.1 Å². The van der Waals surface area contributed by atoms with Gasteiger partial charge >= 0.3 is 0 Å². The number of alkyl halides is 1. The van der Waals surface area contributed by atoms with Crippen LogP contribution in [0.15, 0.2) is 30.3 Å². The van der Waals surface area contributed by atoms with Crippen LogP contribution < -0.4 is 0 Å². The minimum Gasteiger partial charge on any atom is -0.286 e. The number of hydrogen-bond donors (Lipinski definition) is 1. The molecule has 0 saturated carbocycles. The first kappa shape index (κ1) is 10.7. The summed E-state index contributed by atoms with van der Waals surface area (Å²) in [6.07, 6.45) is 0. The lowest BCUT2D eigenvalue weighted by molar-refractivity contribution is 0.482. The molecule has 1 rings (SSSR count). The fourth-order valence-corrected chi connectivity index (χ4v) is 2.81. The molecule has 0 bridgehead atoms. The Hall–Kier alpha value is -0.390. The Bertz CT molecular complexity index is 360. The molecule has 0 amide bonds. The first-order chi connectivity index (χ1) is 5.99. The largest absolute Gasteiger partial charge is 0.286 e. The van der Waals surface area contributed by atoms with Crippen molar-refractivity contribution in [2.24, 2.45) is 0 Å². The second kappa shape index (κ2) is 4.21. The zero-order valence-electron chi connectivity index (χ0n) is 6.72. The van der Waals surface area contributed by atoms with Gasteiger partial charge < -0.3 is 0 Å². The van der Waals surface area contributed by atoms with Crippen LogP contribution in [-0.4, -0.2) is 18.7 Å². The van der Waals surface area contributed by atoms with E-state index in [9.17, 15) is 8.42 Å². The van der Waals surface area contributed by atoms with Gasteiger partial charge in [0.05, 0.1) is 10.6 Å². The lowest BCUT2D eigenvalue weighted by atomic mass is 10.2. The molecular formula is C8H9BrO3S. The van der Waals surface area contributed by atoms with Crippen LogP contribution in [-0.2, 0) is 10.1 Å². The van der Waals surface area contributed by atoms with E-state index in [0.717, 1.165) is 5.56 Å². The summed E-state index contributed by atoms with van der Waals surface area (Å²) in [5.74, 6) is -0.309. The predicted molar refractivity (Wildman–Crippen MR) is 54.5 cm³/mol. The molecule has 72 valence electrons. The van der Waals surface area contributed by atoms with Crippen molar-refractivity contribution < 1.29 is 13.0 Å². The number of hydrogen-bond acceptors (Lipinski definition) is 2. The second-order valence-electron chi connectivity index (χ2n) is 2.63. The van der Waals surface area contributed by atoms with Crippen molar-refractivity contribution in [3.63, 3.8) is 0 Å². The highest BCUT2D eigenvalue weighted by molar-refractivity contribution is 9.09. The van der Waals surface area contributed by atoms with Crippen molar-refractivity contribution in [1.29, 1.82) is 0 Å². The topological polar surface area (TPSA) is 54.4 Å². The van der Waals surface area contributed by atoms with Crippen molar-refractivity contribution in [1.82, 2.24) is 0 Å². The third kappa shape index (κ3) is 3.89. The van der Waals surface area contributed by atoms with E-state index in [0.29, 0.717) is 0 Å². The van der Waals surface area contributed by atoms with Gasteiger partial charge in [-0.1, -0.05) is 46.3 Å². The van der Waals surface area contributed by atoms with Gasteiger partial charge in [-0.05, 0) is 5.56 Å². The molecule has 1 unspecified atom stereocenters. The van der Waals surface area contributed by atoms with Crippen LogP contribution in [0.5, 0.6) is 0 Å². The van der Waals surface area contributed by atoms with E-state index in [1.807, 2.05) is 18.2 Å². The molecule has 0 spiro atoms. The summed E-state index contributed by atoms with van der Waals surface area (Å²) in [4.78, 5) is -0.358. The van der Waals surface area contributed by atoms with Crippen LogP contribution >= 0.6 is 15.9 Å². The predicted octanol–water partition coefficient (Wildman–Crippen LogP) is 2.01. The van der Waals surface area contributed by atoms with Crippen LogP contribution in [0.25, 0.3) is 0 Å². The first-order valence-electron chi connectivity index (χ1n) is 3.63. The van der Waals surface area contributed by atoms with E-state index >= 15 is 0 Å². The van der Waals surface area contributed by atoms with Crippen molar-refractivity contribution >= 4 is 26.0 Å². The molecule has 13 heavy (non-hydrogen) atoms. The summed E-state index contributed by atoms with van der Waals surface area (Å²) in [6, 6.07) is 9.06. The summed E-state index contributed by atoms with van der Waals surface area (Å²) >= 11 is 3.18. The second-order valence-corrected chi connectivity index (χ2v) is 5.23. The van der Waals surface area contributed by atoms with Crippen LogP contribution in [0.4, 0.5) is 0 Å². The Balaban J connectivity index is 2.76. The summed E-state index contributed by atoms with van der Waals surface area (Å²) in [5, 5.41) is 0. The molecule has 0 aliphatic rings. The molecule has 1 aromatic rings. The Kier molecular flexibility index (Phi) is 3.47. The fourth-order valence-electron chi connectivity index (χ4n) is 0.943. The lowest BCUT2D eigenvalue weighted by Gasteiger charge is -2.06. The molecule has 3 nitrogen and oxygen atoms in total. The Morgan fingerprint density at radius 1 is 1.31 bits per heavy atom. The third-order valence-electron chi connectivity index (χ3n) is 1.52. The Morgan fingerprint density at radius 2 is 1.85 bits per heavy atom. The van der Waals surface area contributed by atoms with Crippen LogP contribution in [0.1, 0.15) is 10.4 Å². The minimum atomic E-state index is -3.92. The molecule has 0 aromatic heterocycles. The lowest BCUT2D eigenvalue weighted by Crippen LogP contribution is -2.08. The first-order valence-corrected chi connectivity index (χ1v) is 6.16. The SMILES string of the molecule is O=S(=O)(O)CC(Br)c1ccccc1. The molecule has 0 fully saturated rings. The number of halogens is 1. The standard InChI is InChI=1S/C8H9BrO3S/c9-8(6-13(10,11)12)7-4-2-1-3-5-7/h1-5,8H,6H2,(H,10,11,12). The maximum absolute atomic E-state index is 10.5. The molecule has 0 saturated heterocycles. The maximum Gasteiger partial charge on any atom is 0.266 e. The van der Waals surface area contributed by atoms with E-state index in [-0.39, 0.29) is 10.6 Å². The molecule has 0 aliphatic heterocycles. The minimum absolute atomic E-state index is 0.309. The van der Waals surface area contributed by atoms with Gasteiger partial charge in [-0.3, -0.25) is 4.55 Å². The van der Waals surface area contributed by atoms with Crippen molar-refractivity contribution in [3.8, 4) is 0 Å². The van der Waals surface area contributed by atoms with Gasteiger partial charge in [0, 0.05) is 0 Å². The third-order valence-corrected chi connectivity index (χ3v) is 3.55. The van der Waals surface area contributed by atoms with E-state index in [1.54, 1.807) is 12.1 Å². The fraction of sp³-hybridized carbons (Fsp3) is 0.250. The van der Waals surface area contributed by atoms with Gasteiger partial charge in [-0.25, -0.2) is 0 Å². The summed E-state index contributed by atoms with van der Waals surface area (Å²) < 4.78 is 29.7. The molecular weight excluding hydrogens is 256 g/mol. The van der Waals surface area contributed by atoms with E-state index in [2.05, 4.69) is 15.9 Å². The highest BCUT2D eigenvalue weighted by Crippen LogP contribution is 2.23. The van der Waals surface area contributed by atoms with Crippen molar-refractivity contribution in [2.45, 2.75) is 4.83 Å². The smallest absolute Gasteiger partial charge is 0.266 e. The average Bonchev–Trinajstić information content (AvgIpc) is 2.03. The van der Waals surface area contributed by atoms with Crippen molar-refractivity contribution in [2.75, 3.05) is 5.75 Å². The van der Waals surface area contributed by atoms with E-state index < -0.39 is 10.1 Å². The Labute approximate surface area is 85.7 Å². The van der Waals surface area contributed by atoms with Gasteiger partial charge in [0.1, 0.15) is 0 Å². The molecule has 1 atom stereocenters. The normalized spacial score (nSPS) is 14.0. The summed E-state index contributed by atoms with van der Waals surface area (Å²) in [7, 11) is -3.92. The highest BCUT2D eigenvalue weighted by Gasteiger charge is 2.14. The molecule has 1 N–H and O–H groups in total. The monoisotopic (exact) mass is 264 g/mol. The average molecular weight is 265 g/mol. The van der Waals surface area contributed by atoms with Gasteiger partial charge in [-0.2, -0.15) is 8.42 Å². The van der Waals surface area contributed by atoms with Gasteiger partial charge in [-0.15, -0.1) is 0 Å². The van der Waals surface area contributed by atoms with Crippen molar-refractivity contribution in [3.05, 3.63) is 35.9 Å². The molecule has 1 aromatic carbocycles. The Morgan fingerprint density at radius 3 is 2.31 bits per heavy atom. The van der Waals surface area contributed by atoms with E-state index in [1.165, 1.54) is 0 Å². The summed E-state index contributed by atoms with van der Waals surface area (Å²) in [6.45, 7) is 0. The number of benzene rings is 1. The van der Waals surface area contributed by atoms with Gasteiger partial charge in [0.15, 0.2) is 0 Å². The molecule has 0 heterocycles.